The third-order valence-electron chi connectivity index (χ3n) is 26.7. The summed E-state index contributed by atoms with van der Waals surface area (Å²) in [5, 5.41) is 385. The molecule has 11 aliphatic heterocycles. The summed E-state index contributed by atoms with van der Waals surface area (Å²) in [6, 6.07) is -10.2. The highest BCUT2D eigenvalue weighted by atomic mass is 16.8. The summed E-state index contributed by atoms with van der Waals surface area (Å²) in [7, 11) is 0. The summed E-state index contributed by atoms with van der Waals surface area (Å²) in [5.74, 6) is -5.14. The third-order valence-corrected chi connectivity index (χ3v) is 26.7. The van der Waals surface area contributed by atoms with E-state index in [2.05, 4.69) is 26.6 Å². The Labute approximate surface area is 833 Å². The minimum atomic E-state index is -2.83. The molecule has 11 rings (SSSR count). The Morgan fingerprint density at radius 3 is 0.918 bits per heavy atom. The van der Waals surface area contributed by atoms with Gasteiger partial charge in [-0.25, -0.2) is 0 Å². The van der Waals surface area contributed by atoms with Gasteiger partial charge in [-0.1, -0.05) is 0 Å². The van der Waals surface area contributed by atoms with Crippen LogP contribution in [0.4, 0.5) is 0 Å². The molecule has 11 aliphatic rings. The van der Waals surface area contributed by atoms with Crippen LogP contribution in [0.15, 0.2) is 0 Å². The molecule has 59 atom stereocenters. The fourth-order valence-corrected chi connectivity index (χ4v) is 18.8. The SMILES string of the molecule is CC(=O)N[C@H]1[C@H](O[C@@H]([C@H](O)[C@H](CO)NC(C)=O)[C@H](O)CO)O[C@H](CO)[C@@H](O[C@@H]2O[C@H](CO[C@H]3O[C@H](CO)[C@@H](O)[C@H](O)[C@@H]3O[C@@H]3O[C@H](CO)[C@@H](O[C@@H]4O[C@H](CO)[C@H](O)[C@H](O)[C@H]4O)[C@H](O)[C@H]3NC(C)=O)[C@@H](O)[C@H](O[C@H]3O[C@H](CO)[C@@H](O[C@@H]4O[C@H](CO)[C@@H](O[C@@H]5O[C@H](CO)[C@H](O)[C@H](O)[C@H]5O)[C@H](O[C@@H]5O[C@@H](C)[C@@H](O)[C@@H](O)[C@@H]5O)[C@H]4NC(C)=O)[C@H](O)[C@@H]3O[C@@H]3O[C@H](CO)[C@@H](O[C@@H]4O[C@H](CO)[C@H](O)[C@H](O)[C@H]4O)[C@H](O)[C@H]3NC(C)=O)[C@@H]2O)[C@@H]1O. The van der Waals surface area contributed by atoms with E-state index < -0.39 is 471 Å². The first-order chi connectivity index (χ1) is 69.5. The number of aliphatic hydroxyl groups is 33. The lowest BCUT2D eigenvalue weighted by atomic mass is 9.93. The lowest BCUT2D eigenvalue weighted by Gasteiger charge is -2.53. The van der Waals surface area contributed by atoms with Gasteiger partial charge in [0.15, 0.2) is 69.2 Å². The number of carbonyl (C=O) groups excluding carboxylic acids is 5. The van der Waals surface area contributed by atoms with E-state index in [-0.39, 0.29) is 0 Å². The van der Waals surface area contributed by atoms with Crippen molar-refractivity contribution in [2.75, 3.05) is 79.3 Å². The van der Waals surface area contributed by atoms with E-state index in [0.29, 0.717) is 0 Å². The van der Waals surface area contributed by atoms with Crippen molar-refractivity contribution in [3.05, 3.63) is 0 Å². The topological polar surface area (TPSA) is 1020 Å². The van der Waals surface area contributed by atoms with Crippen molar-refractivity contribution in [3.8, 4) is 0 Å². The monoisotopic (exact) mass is 2150 g/mol. The Hall–Kier alpha value is -4.85. The predicted octanol–water partition coefficient (Wildman–Crippen LogP) is -25.8. The van der Waals surface area contributed by atoms with Gasteiger partial charge in [-0.2, -0.15) is 0 Å². The summed E-state index contributed by atoms with van der Waals surface area (Å²) in [5.41, 5.74) is 0. The van der Waals surface area contributed by atoms with Crippen molar-refractivity contribution in [1.82, 2.24) is 26.6 Å². The fourth-order valence-electron chi connectivity index (χ4n) is 18.8. The van der Waals surface area contributed by atoms with Gasteiger partial charge < -0.3 is 299 Å². The third kappa shape index (κ3) is 27.7. The zero-order valence-electron chi connectivity index (χ0n) is 79.3. The Kier molecular flexibility index (Phi) is 45.1. The Morgan fingerprint density at radius 2 is 0.531 bits per heavy atom. The van der Waals surface area contributed by atoms with Crippen LogP contribution < -0.4 is 26.6 Å². The van der Waals surface area contributed by atoms with E-state index in [1.165, 1.54) is 6.92 Å². The van der Waals surface area contributed by atoms with Gasteiger partial charge in [-0.05, 0) is 6.92 Å². The van der Waals surface area contributed by atoms with Crippen molar-refractivity contribution in [2.24, 2.45) is 0 Å². The Balaban J connectivity index is 1.02. The molecule has 852 valence electrons. The zero-order valence-corrected chi connectivity index (χ0v) is 79.3. The minimum absolute atomic E-state index is 0.842. The van der Waals surface area contributed by atoms with Crippen molar-refractivity contribution in [1.29, 1.82) is 0 Å². The van der Waals surface area contributed by atoms with Crippen LogP contribution in [0.2, 0.25) is 0 Å². The van der Waals surface area contributed by atoms with Gasteiger partial charge in [0.05, 0.1) is 91.4 Å². The number of hydrogen-bond acceptors (Lipinski definition) is 60. The summed E-state index contributed by atoms with van der Waals surface area (Å²) >= 11 is 0. The van der Waals surface area contributed by atoms with Crippen molar-refractivity contribution in [2.45, 2.75) is 403 Å². The molecule has 65 nitrogen and oxygen atoms in total. The van der Waals surface area contributed by atoms with Gasteiger partial charge in [0, 0.05) is 34.6 Å². The summed E-state index contributed by atoms with van der Waals surface area (Å²) in [6.45, 7) is -9.17. The average Bonchev–Trinajstić information content (AvgIpc) is 0.755. The standard InChI is InChI=1S/C82H139N5O60/c1-19-41(105)51(115)56(120)76(127-19)144-68-40(87-24(6)103)75(135-35(17-98)67(68)143-79-59(123)54(118)45(109)29(11-92)130-79)139-66-34(16-97)136-82(71(60(66)124)147-74-39(86-23(5)102)50(114)64(32(14-95)134-74)141-78-58(122)53(117)44(108)28(10-91)129-78)145-69-47(111)36(137-80(61(69)125)142-65-33(15-96)132-72(37(48(65)112)84-21(3)100)138-62(26(104)8-89)42(106)25(7-88)83-20(2)99)18-126-81-70(55(119)46(110)30(12-93)131-81)146-73-38(85-22(4)101)49(113)63(31(13-94)133-73)140-77-57(121)52(116)43(107)27(9-90)128-77/h19,25-82,88-98,104-125H,7-18H2,1-6H3,(H,83,99)(H,84,100)(H,85,101)(H,86,102)(H,87,103)/t19-,25-,26+,27+,28+,29+,30+,31+,32+,33+,34+,35+,36+,37+,38+,39+,40+,41+,42+,43-,44-,45-,46+,47+,48+,49+,50+,51+,52-,53-,54-,55-,56-,57+,58+,59+,60-,61-,62+,63+,64+,65+,66+,67+,68+,69-,70-,71-,72-,73-,74-,75-,76-,77-,78-,79-,80-,81-,82+/m0/s1. The molecule has 0 aromatic carbocycles. The van der Waals surface area contributed by atoms with E-state index in [4.69, 9.17) is 104 Å². The largest absolute Gasteiger partial charge is 0.394 e. The minimum Gasteiger partial charge on any atom is -0.394 e. The van der Waals surface area contributed by atoms with Gasteiger partial charge in [-0.3, -0.25) is 24.0 Å². The van der Waals surface area contributed by atoms with Gasteiger partial charge in [0.1, 0.15) is 281 Å². The maximum Gasteiger partial charge on any atom is 0.217 e. The van der Waals surface area contributed by atoms with Gasteiger partial charge in [0.25, 0.3) is 0 Å². The summed E-state index contributed by atoms with van der Waals surface area (Å²) in [6.07, 6.45) is -121. The first kappa shape index (κ1) is 122. The number of rotatable bonds is 42. The van der Waals surface area contributed by atoms with E-state index in [9.17, 15) is 192 Å². The normalized spacial score (nSPS) is 47.3. The number of nitrogens with one attached hydrogen (secondary N) is 5. The lowest BCUT2D eigenvalue weighted by molar-refractivity contribution is -0.409. The van der Waals surface area contributed by atoms with E-state index in [1.807, 2.05) is 0 Å². The maximum absolute atomic E-state index is 13.8. The Bertz CT molecular complexity index is 4050. The average molecular weight is 2150 g/mol. The van der Waals surface area contributed by atoms with E-state index >= 15 is 0 Å². The maximum atomic E-state index is 13.8. The van der Waals surface area contributed by atoms with Crippen LogP contribution in [0.5, 0.6) is 0 Å². The van der Waals surface area contributed by atoms with Crippen molar-refractivity contribution >= 4 is 29.5 Å². The van der Waals surface area contributed by atoms with Crippen LogP contribution >= 0.6 is 0 Å². The second kappa shape index (κ2) is 54.2. The Morgan fingerprint density at radius 1 is 0.245 bits per heavy atom. The molecular formula is C82H139N5O60. The fraction of sp³-hybridized carbons (Fsp3) is 0.939. The predicted molar refractivity (Wildman–Crippen MR) is 454 cm³/mol. The van der Waals surface area contributed by atoms with Crippen LogP contribution in [0.1, 0.15) is 41.5 Å². The molecule has 11 fully saturated rings. The summed E-state index contributed by atoms with van der Waals surface area (Å²) < 4.78 is 134. The molecule has 0 aromatic heterocycles. The van der Waals surface area contributed by atoms with Crippen molar-refractivity contribution in [3.63, 3.8) is 0 Å². The molecule has 0 unspecified atom stereocenters. The van der Waals surface area contributed by atoms with E-state index in [1.54, 1.807) is 0 Å². The molecule has 38 N–H and O–H groups in total. The number of hydrogen-bond donors (Lipinski definition) is 38. The van der Waals surface area contributed by atoms with E-state index in [0.717, 1.165) is 34.6 Å². The second-order valence-corrected chi connectivity index (χ2v) is 37.1. The van der Waals surface area contributed by atoms with Gasteiger partial charge in [0.2, 0.25) is 29.5 Å². The number of amides is 5. The molecule has 11 saturated heterocycles. The highest BCUT2D eigenvalue weighted by molar-refractivity contribution is 5.75. The molecule has 11 heterocycles. The van der Waals surface area contributed by atoms with Crippen molar-refractivity contribution < 1.29 is 297 Å². The first-order valence-electron chi connectivity index (χ1n) is 46.9. The second-order valence-electron chi connectivity index (χ2n) is 37.1. The van der Waals surface area contributed by atoms with Gasteiger partial charge in [-0.15, -0.1) is 0 Å². The molecule has 0 aliphatic carbocycles. The molecule has 0 bridgehead atoms. The number of carbonyl (C=O) groups is 5. The van der Waals surface area contributed by atoms with Crippen LogP contribution in [0.3, 0.4) is 0 Å². The molecule has 65 heteroatoms. The molecular weight excluding hydrogens is 2010 g/mol. The molecule has 147 heavy (non-hydrogen) atoms. The molecule has 5 amide bonds. The molecule has 0 saturated carbocycles. The number of ether oxygens (including phenoxy) is 22. The molecule has 0 spiro atoms. The smallest absolute Gasteiger partial charge is 0.217 e. The van der Waals surface area contributed by atoms with Crippen LogP contribution in [-0.2, 0) is 128 Å². The highest BCUT2D eigenvalue weighted by Crippen LogP contribution is 2.43. The first-order valence-corrected chi connectivity index (χ1v) is 46.9. The van der Waals surface area contributed by atoms with Crippen LogP contribution in [0, 0.1) is 0 Å². The zero-order chi connectivity index (χ0) is 109. The molecule has 0 radical (unpaired) electrons. The molecule has 0 aromatic rings. The summed E-state index contributed by atoms with van der Waals surface area (Å²) in [4.78, 5) is 66.0. The lowest BCUT2D eigenvalue weighted by Crippen LogP contribution is -2.72. The number of aliphatic hydroxyl groups excluding tert-OH is 33. The van der Waals surface area contributed by atoms with Crippen LogP contribution in [-0.4, -0.2) is 639 Å². The van der Waals surface area contributed by atoms with Crippen LogP contribution in [0.25, 0.3) is 0 Å². The van der Waals surface area contributed by atoms with Gasteiger partial charge >= 0.3 is 0 Å². The highest BCUT2D eigenvalue weighted by Gasteiger charge is 2.64. The quantitative estimate of drug-likeness (QED) is 0.0270.